The van der Waals surface area contributed by atoms with E-state index in [0.29, 0.717) is 11.1 Å². The van der Waals surface area contributed by atoms with E-state index in [4.69, 9.17) is 5.73 Å². The number of hydrogen-bond donors (Lipinski definition) is 11. The molecule has 0 radical (unpaired) electrons. The van der Waals surface area contributed by atoms with E-state index in [0.717, 1.165) is 17.8 Å². The number of primary amides is 1. The number of nitrogens with one attached hydrogen (secondary N) is 9. The number of aromatic nitrogens is 1. The van der Waals surface area contributed by atoms with Gasteiger partial charge in [-0.2, -0.15) is 0 Å². The van der Waals surface area contributed by atoms with Gasteiger partial charge in [0.15, 0.2) is 0 Å². The van der Waals surface area contributed by atoms with E-state index in [-0.39, 0.29) is 38.6 Å². The molecule has 12 N–H and O–H groups in total. The fraction of sp³-hybridized carbons (Fsp3) is 0.400. The summed E-state index contributed by atoms with van der Waals surface area (Å²) in [7, 11) is 0. The minimum absolute atomic E-state index is 0.0135. The molecule has 9 amide bonds. The SMILES string of the molecule is CC(=O)NCC(=O)NC1CC(=O)NCCCCC(C(N)=O)NC(=O)[C@H](Cc2c[nH]c3ccccc23)NC(=O)CNC(=O)C(Cc2ccccc2)NC(=O)C(CC(=O)O)NC1=O. The van der Waals surface area contributed by atoms with Gasteiger partial charge in [0.05, 0.1) is 25.9 Å². The van der Waals surface area contributed by atoms with E-state index in [1.807, 2.05) is 18.2 Å². The maximum atomic E-state index is 13.8. The average molecular weight is 847 g/mol. The van der Waals surface area contributed by atoms with Crippen LogP contribution in [0.5, 0.6) is 0 Å². The standard InChI is InChI=1S/C40H50N10O11/c1-22(51)43-20-33(53)47-30-17-32(52)42-14-8-7-13-27(36(41)57)48-38(59)29(16-24-19-44-26-12-6-5-11-25(24)26)46-34(54)21-45-37(58)28(15-23-9-3-2-4-10-23)49-40(61)31(18-35(55)56)50-39(30)60/h2-6,9-12,19,27-31,44H,7-8,13-18,20-21H2,1H3,(H2,41,57)(H,42,52)(H,43,51)(H,45,58)(H,46,54)(H,47,53)(H,48,59)(H,49,61)(H,50,60)(H,55,56)/t27?,28?,29-,30?,31?/m0/s1. The van der Waals surface area contributed by atoms with Crippen LogP contribution in [0.25, 0.3) is 10.9 Å². The van der Waals surface area contributed by atoms with Gasteiger partial charge in [-0.15, -0.1) is 0 Å². The van der Waals surface area contributed by atoms with Gasteiger partial charge in [-0.1, -0.05) is 48.5 Å². The van der Waals surface area contributed by atoms with Crippen LogP contribution in [-0.4, -0.2) is 119 Å². The van der Waals surface area contributed by atoms with E-state index < -0.39 is 115 Å². The van der Waals surface area contributed by atoms with Gasteiger partial charge in [0.25, 0.3) is 0 Å². The first-order valence-corrected chi connectivity index (χ1v) is 19.5. The summed E-state index contributed by atoms with van der Waals surface area (Å²) in [4.78, 5) is 133. The monoisotopic (exact) mass is 846 g/mol. The number of carbonyl (C=O) groups is 10. The number of amides is 9. The third kappa shape index (κ3) is 15.1. The molecule has 1 aliphatic heterocycles. The molecule has 1 fully saturated rings. The van der Waals surface area contributed by atoms with E-state index >= 15 is 0 Å². The molecular formula is C40H50N10O11. The van der Waals surface area contributed by atoms with Crippen molar-refractivity contribution >= 4 is 70.0 Å². The largest absolute Gasteiger partial charge is 0.481 e. The molecule has 326 valence electrons. The zero-order chi connectivity index (χ0) is 44.5. The molecule has 0 aliphatic carbocycles. The molecule has 21 heteroatoms. The first-order valence-electron chi connectivity index (χ1n) is 19.5. The molecule has 21 nitrogen and oxygen atoms in total. The minimum Gasteiger partial charge on any atom is -0.481 e. The summed E-state index contributed by atoms with van der Waals surface area (Å²) in [5.74, 6) is -9.27. The Morgan fingerprint density at radius 3 is 2.13 bits per heavy atom. The van der Waals surface area contributed by atoms with Crippen LogP contribution in [-0.2, 0) is 60.8 Å². The molecule has 2 heterocycles. The van der Waals surface area contributed by atoms with E-state index in [9.17, 15) is 53.1 Å². The molecule has 0 saturated carbocycles. The Morgan fingerprint density at radius 1 is 0.754 bits per heavy atom. The van der Waals surface area contributed by atoms with E-state index in [2.05, 4.69) is 47.5 Å². The van der Waals surface area contributed by atoms with Gasteiger partial charge < -0.3 is 58.4 Å². The zero-order valence-electron chi connectivity index (χ0n) is 33.3. The second kappa shape index (κ2) is 22.7. The number of fused-ring (bicyclic) bond motifs is 1. The van der Waals surface area contributed by atoms with Crippen LogP contribution >= 0.6 is 0 Å². The van der Waals surface area contributed by atoms with Crippen molar-refractivity contribution in [1.82, 2.24) is 47.5 Å². The Hall–Kier alpha value is -7.32. The average Bonchev–Trinajstić information content (AvgIpc) is 3.62. The van der Waals surface area contributed by atoms with Crippen molar-refractivity contribution < 1.29 is 53.1 Å². The molecular weight excluding hydrogens is 796 g/mol. The van der Waals surface area contributed by atoms with Crippen LogP contribution < -0.4 is 48.3 Å². The van der Waals surface area contributed by atoms with Crippen molar-refractivity contribution in [3.63, 3.8) is 0 Å². The quantitative estimate of drug-likeness (QED) is 0.0996. The van der Waals surface area contributed by atoms with Crippen molar-refractivity contribution in [1.29, 1.82) is 0 Å². The second-order valence-corrected chi connectivity index (χ2v) is 14.4. The number of para-hydroxylation sites is 1. The minimum atomic E-state index is -1.83. The van der Waals surface area contributed by atoms with Crippen LogP contribution in [0.15, 0.2) is 60.8 Å². The van der Waals surface area contributed by atoms with Crippen LogP contribution in [0, 0.1) is 0 Å². The van der Waals surface area contributed by atoms with Crippen molar-refractivity contribution in [3.8, 4) is 0 Å². The molecule has 0 spiro atoms. The van der Waals surface area contributed by atoms with Crippen LogP contribution in [0.2, 0.25) is 0 Å². The number of hydrogen-bond acceptors (Lipinski definition) is 10. The normalized spacial score (nSPS) is 21.6. The van der Waals surface area contributed by atoms with E-state index in [1.54, 1.807) is 42.6 Å². The van der Waals surface area contributed by atoms with Crippen LogP contribution in [0.1, 0.15) is 50.2 Å². The first-order chi connectivity index (χ1) is 29.1. The topological polar surface area (TPSA) is 329 Å². The van der Waals surface area contributed by atoms with E-state index in [1.165, 1.54) is 0 Å². The second-order valence-electron chi connectivity index (χ2n) is 14.4. The molecule has 4 rings (SSSR count). The van der Waals surface area contributed by atoms with Crippen molar-refractivity contribution in [2.75, 3.05) is 19.6 Å². The number of aromatic amines is 1. The molecule has 1 saturated heterocycles. The van der Waals surface area contributed by atoms with Crippen LogP contribution in [0.4, 0.5) is 0 Å². The summed E-state index contributed by atoms with van der Waals surface area (Å²) in [6.07, 6.45) is 0.376. The molecule has 5 atom stereocenters. The summed E-state index contributed by atoms with van der Waals surface area (Å²) in [6.45, 7) is -0.0987. The molecule has 1 aromatic heterocycles. The number of benzene rings is 2. The Balaban J connectivity index is 1.65. The van der Waals surface area contributed by atoms with Gasteiger partial charge >= 0.3 is 5.97 Å². The number of aliphatic carboxylic acids is 1. The number of carboxylic acid groups (broad SMARTS) is 1. The van der Waals surface area contributed by atoms with Crippen LogP contribution in [0.3, 0.4) is 0 Å². The summed E-state index contributed by atoms with van der Waals surface area (Å²) in [5, 5.41) is 29.9. The molecule has 4 unspecified atom stereocenters. The van der Waals surface area contributed by atoms with Gasteiger partial charge in [0.1, 0.15) is 30.2 Å². The predicted molar refractivity (Wildman–Crippen MR) is 216 cm³/mol. The Labute approximate surface area is 349 Å². The fourth-order valence-electron chi connectivity index (χ4n) is 6.43. The summed E-state index contributed by atoms with van der Waals surface area (Å²) >= 11 is 0. The highest BCUT2D eigenvalue weighted by atomic mass is 16.4. The lowest BCUT2D eigenvalue weighted by atomic mass is 10.0. The highest BCUT2D eigenvalue weighted by Gasteiger charge is 2.33. The predicted octanol–water partition coefficient (Wildman–Crippen LogP) is -2.72. The number of carboxylic acids is 1. The van der Waals surface area contributed by atoms with Gasteiger partial charge in [0.2, 0.25) is 53.2 Å². The first kappa shape index (κ1) is 46.4. The van der Waals surface area contributed by atoms with Crippen molar-refractivity contribution in [2.24, 2.45) is 5.73 Å². The lowest BCUT2D eigenvalue weighted by Gasteiger charge is -2.25. The number of nitrogens with two attached hydrogens (primary N) is 1. The van der Waals surface area contributed by atoms with Crippen molar-refractivity contribution in [2.45, 2.75) is 82.1 Å². The maximum absolute atomic E-state index is 13.8. The summed E-state index contributed by atoms with van der Waals surface area (Å²) < 4.78 is 0. The van der Waals surface area contributed by atoms with Crippen molar-refractivity contribution in [3.05, 3.63) is 71.9 Å². The molecule has 61 heavy (non-hydrogen) atoms. The Morgan fingerprint density at radius 2 is 1.43 bits per heavy atom. The molecule has 1 aliphatic rings. The Kier molecular flexibility index (Phi) is 17.3. The van der Waals surface area contributed by atoms with Gasteiger partial charge in [0, 0.05) is 43.4 Å². The lowest BCUT2D eigenvalue weighted by Crippen LogP contribution is -2.59. The third-order valence-corrected chi connectivity index (χ3v) is 9.54. The number of rotatable bonds is 10. The highest BCUT2D eigenvalue weighted by molar-refractivity contribution is 5.99. The number of H-pyrrole nitrogens is 1. The molecule has 2 aromatic carbocycles. The third-order valence-electron chi connectivity index (χ3n) is 9.54. The van der Waals surface area contributed by atoms with Gasteiger partial charge in [-0.25, -0.2) is 0 Å². The zero-order valence-corrected chi connectivity index (χ0v) is 33.3. The summed E-state index contributed by atoms with van der Waals surface area (Å²) in [5.41, 5.74) is 7.62. The van der Waals surface area contributed by atoms with Gasteiger partial charge in [-0.3, -0.25) is 47.9 Å². The molecule has 3 aromatic rings. The molecule has 0 bridgehead atoms. The lowest BCUT2D eigenvalue weighted by molar-refractivity contribution is -0.141. The Bertz CT molecular complexity index is 2110. The fourth-order valence-corrected chi connectivity index (χ4v) is 6.43. The number of carbonyl (C=O) groups excluding carboxylic acids is 9. The van der Waals surface area contributed by atoms with Gasteiger partial charge in [-0.05, 0) is 36.5 Å². The maximum Gasteiger partial charge on any atom is 0.305 e. The summed E-state index contributed by atoms with van der Waals surface area (Å²) in [6, 6.07) is 8.24. The highest BCUT2D eigenvalue weighted by Crippen LogP contribution is 2.19. The smallest absolute Gasteiger partial charge is 0.305 e.